The molecule has 0 heterocycles. The monoisotopic (exact) mass is 841 g/mol. The summed E-state index contributed by atoms with van der Waals surface area (Å²) in [6, 6.07) is 3.44. The summed E-state index contributed by atoms with van der Waals surface area (Å²) >= 11 is 0. The summed E-state index contributed by atoms with van der Waals surface area (Å²) in [5.41, 5.74) is -4.52. The van der Waals surface area contributed by atoms with E-state index in [1.165, 1.54) is 0 Å². The van der Waals surface area contributed by atoms with E-state index in [2.05, 4.69) is 0 Å². The van der Waals surface area contributed by atoms with Crippen molar-refractivity contribution in [3.63, 3.8) is 0 Å². The van der Waals surface area contributed by atoms with Gasteiger partial charge in [0.15, 0.2) is 0 Å². The van der Waals surface area contributed by atoms with Gasteiger partial charge in [0.25, 0.3) is 0 Å². The van der Waals surface area contributed by atoms with Crippen molar-refractivity contribution >= 4 is 26.6 Å². The fraction of sp³-hybridized carbons (Fsp3) is 0.667. The van der Waals surface area contributed by atoms with Gasteiger partial charge in [-0.15, -0.1) is 0 Å². The van der Waals surface area contributed by atoms with Crippen molar-refractivity contribution in [1.82, 2.24) is 0 Å². The summed E-state index contributed by atoms with van der Waals surface area (Å²) in [5.74, 6) is 0. The Balaban J connectivity index is -0.0000000522. The van der Waals surface area contributed by atoms with E-state index in [1.54, 1.807) is 0 Å². The van der Waals surface area contributed by atoms with Crippen molar-refractivity contribution < 1.29 is 104 Å². The van der Waals surface area contributed by atoms with E-state index in [9.17, 15) is 52.7 Å². The van der Waals surface area contributed by atoms with Crippen LogP contribution in [0, 0.1) is 0 Å². The van der Waals surface area contributed by atoms with Gasteiger partial charge in [-0.2, -0.15) is 52.7 Å². The van der Waals surface area contributed by atoms with Crippen LogP contribution in [0.3, 0.4) is 0 Å². The van der Waals surface area contributed by atoms with E-state index in [0.29, 0.717) is 0 Å². The number of benzene rings is 2. The van der Waals surface area contributed by atoms with E-state index < -0.39 is 62.7 Å². The summed E-state index contributed by atoms with van der Waals surface area (Å²) in [7, 11) is -1.40. The molecule has 0 saturated carbocycles. The minimum atomic E-state index is -4.72. The van der Waals surface area contributed by atoms with Gasteiger partial charge < -0.3 is 20.4 Å². The Morgan fingerprint density at radius 3 is 0.582 bits per heavy atom. The van der Waals surface area contributed by atoms with Crippen molar-refractivity contribution in [2.24, 2.45) is 0 Å². The second kappa shape index (κ2) is 40.8. The smallest absolute Gasteiger partial charge is 1.00 e. The molecule has 0 radical (unpaired) electrons. The molecule has 0 amide bonds. The average Bonchev–Trinajstić information content (AvgIpc) is 2.98. The summed E-state index contributed by atoms with van der Waals surface area (Å²) in [4.78, 5) is 0. The maximum absolute atomic E-state index is 12.2. The topological polar surface area (TPSA) is 36.9 Å². The van der Waals surface area contributed by atoms with Gasteiger partial charge in [0.05, 0.1) is 22.3 Å². The minimum absolute atomic E-state index is 0. The van der Waals surface area contributed by atoms with Gasteiger partial charge >= 0.3 is 54.3 Å². The van der Waals surface area contributed by atoms with Crippen LogP contribution in [0.25, 0.3) is 0 Å². The van der Waals surface area contributed by atoms with Crippen LogP contribution in [0.1, 0.15) is 110 Å². The molecule has 19 heteroatoms. The molecule has 0 atom stereocenters. The molecule has 0 N–H and O–H groups in total. The Morgan fingerprint density at radius 1 is 0.382 bits per heavy atom. The number of halogens is 12. The molecule has 0 bridgehead atoms. The van der Waals surface area contributed by atoms with Crippen molar-refractivity contribution in [1.29, 1.82) is 0 Å². The quantitative estimate of drug-likeness (QED) is 0.204. The van der Waals surface area contributed by atoms with Crippen LogP contribution in [0.2, 0.25) is 0 Å². The first-order chi connectivity index (χ1) is 22.9. The second-order valence-corrected chi connectivity index (χ2v) is 8.14. The third-order valence-electron chi connectivity index (χ3n) is 4.52. The summed E-state index contributed by atoms with van der Waals surface area (Å²) < 4.78 is 166. The molecular weight excluding hydrogens is 769 g/mol. The zero-order chi connectivity index (χ0) is 40.2. The molecule has 0 spiro atoms. The van der Waals surface area contributed by atoms with Crippen LogP contribution >= 0.6 is 0 Å². The predicted molar refractivity (Wildman–Crippen MR) is 211 cm³/mol. The Labute approximate surface area is 350 Å². The third-order valence-corrected chi connectivity index (χ3v) is 4.52. The molecule has 0 unspecified atom stereocenters. The maximum atomic E-state index is 12.2. The Bertz CT molecular complexity index is 945. The van der Waals surface area contributed by atoms with Gasteiger partial charge in [-0.1, -0.05) is 54.0 Å². The minimum Gasteiger partial charge on any atom is -1.00 e. The molecule has 0 aliphatic heterocycles. The molecule has 0 fully saturated rings. The molecular formula is C36H71B2F12NaO4-2. The molecule has 0 aromatic heterocycles. The van der Waals surface area contributed by atoms with Gasteiger partial charge in [0, 0.05) is 54.3 Å². The molecule has 2 rings (SSSR count). The van der Waals surface area contributed by atoms with Crippen LogP contribution in [0.5, 0.6) is 0 Å². The zero-order valence-electron chi connectivity index (χ0n) is 30.3. The van der Waals surface area contributed by atoms with Crippen molar-refractivity contribution in [3.05, 3.63) is 58.7 Å². The predicted octanol–water partition coefficient (Wildman–Crippen LogP) is 7.51. The molecule has 2 aromatic carbocycles. The zero-order valence-corrected chi connectivity index (χ0v) is 31.3. The van der Waals surface area contributed by atoms with Gasteiger partial charge in [0.2, 0.25) is 0 Å². The van der Waals surface area contributed by atoms with E-state index in [1.807, 2.05) is 55.4 Å². The first-order valence-electron chi connectivity index (χ1n) is 14.7. The summed E-state index contributed by atoms with van der Waals surface area (Å²) in [6.07, 6.45) is -18.9. The van der Waals surface area contributed by atoms with Gasteiger partial charge in [0.1, 0.15) is 0 Å². The van der Waals surface area contributed by atoms with Crippen LogP contribution < -0.4 is 40.5 Å². The van der Waals surface area contributed by atoms with E-state index in [4.69, 9.17) is 18.9 Å². The summed E-state index contributed by atoms with van der Waals surface area (Å²) in [6.45, 7) is 22.7. The Morgan fingerprint density at radius 2 is 0.509 bits per heavy atom. The van der Waals surface area contributed by atoms with Gasteiger partial charge in [-0.3, -0.25) is 0 Å². The van der Waals surface area contributed by atoms with Crippen molar-refractivity contribution in [3.8, 4) is 0 Å². The van der Waals surface area contributed by atoms with Gasteiger partial charge in [-0.25, -0.2) is 10.9 Å². The SMILES string of the molecule is C.C.C.C.CCOCC.CCOCC.CCOCC.CCOCC.[BH3-]c1cc(C(F)(F)F)cc(C(F)(F)F)c1.[BH3-]c1cc(C(F)(F)F)cc(C(F)(F)F)c1.[H-].[HH].[Na+]. The number of rotatable bonds is 8. The van der Waals surface area contributed by atoms with Crippen molar-refractivity contribution in [2.45, 2.75) is 110 Å². The number of ether oxygens (including phenoxy) is 4. The fourth-order valence-electron chi connectivity index (χ4n) is 2.42. The first kappa shape index (κ1) is 74.5. The van der Waals surface area contributed by atoms with Crippen molar-refractivity contribution in [2.75, 3.05) is 52.9 Å². The molecule has 0 aliphatic carbocycles. The third kappa shape index (κ3) is 45.1. The Hall–Kier alpha value is -1.43. The molecule has 2 aromatic rings. The van der Waals surface area contributed by atoms with Gasteiger partial charge in [-0.05, 0) is 83.2 Å². The van der Waals surface area contributed by atoms with E-state index in [-0.39, 0.29) is 85.2 Å². The molecule has 332 valence electrons. The number of hydrogen-bond donors (Lipinski definition) is 0. The molecule has 4 nitrogen and oxygen atoms in total. The van der Waals surface area contributed by atoms with E-state index >= 15 is 0 Å². The fourth-order valence-corrected chi connectivity index (χ4v) is 2.42. The molecule has 55 heavy (non-hydrogen) atoms. The number of hydrogen-bond acceptors (Lipinski definition) is 4. The Kier molecular flexibility index (Phi) is 55.2. The van der Waals surface area contributed by atoms with Crippen LogP contribution in [-0.2, 0) is 43.7 Å². The van der Waals surface area contributed by atoms with Crippen LogP contribution in [0.15, 0.2) is 36.4 Å². The summed E-state index contributed by atoms with van der Waals surface area (Å²) in [5, 5.41) is 0. The first-order valence-corrected chi connectivity index (χ1v) is 14.7. The number of alkyl halides is 12. The molecule has 0 aliphatic rings. The normalized spacial score (nSPS) is 10.1. The van der Waals surface area contributed by atoms with Crippen LogP contribution in [-0.4, -0.2) is 68.5 Å². The largest absolute Gasteiger partial charge is 1.00 e. The standard InChI is InChI=1S/2C8H6BF6.4C4H10O.4CH4.Na.H2.H/c2*9-6-2-4(7(10,11)12)1-5(3-6)8(13,14)15;4*1-3-5-4-2;;;;;;;/h2*1-3H,9H3;4*3-4H2,1-2H3;4*1H4;;1H;/q2*-1;;;;;;;;;+1;;-1. The van der Waals surface area contributed by atoms with E-state index in [0.717, 1.165) is 77.1 Å². The maximum Gasteiger partial charge on any atom is 1.00 e. The average molecular weight is 841 g/mol. The second-order valence-electron chi connectivity index (χ2n) is 8.14. The molecule has 0 saturated heterocycles. The van der Waals surface area contributed by atoms with Crippen LogP contribution in [0.4, 0.5) is 52.7 Å².